The van der Waals surface area contributed by atoms with Gasteiger partial charge in [0.15, 0.2) is 22.9 Å². The molecule has 0 atom stereocenters. The molecule has 4 N–H and O–H groups in total. The standard InChI is InChI=1S/C25H27N7O4/c1-31-21-22(35-2)20(36-19(12-26)17-5-3-4-8-27-17)13-28-23(21)30-25(31)29-18-11-16(15-6-7-15)14-32(9-10-33)24(18)34/h3-5,8,11-15,26-27,33H,6-7,9-10H2,1-2H3,(H,28,29,30)/b19-17+,26-12?. The minimum atomic E-state index is -0.242. The lowest BCUT2D eigenvalue weighted by Gasteiger charge is -2.15. The molecule has 0 unspecified atom stereocenters. The molecule has 11 nitrogen and oxygen atoms in total. The minimum Gasteiger partial charge on any atom is -0.491 e. The van der Waals surface area contributed by atoms with E-state index in [0.717, 1.165) is 24.6 Å². The topological polar surface area (TPSA) is 139 Å². The molecule has 3 aromatic rings. The Morgan fingerprint density at radius 2 is 2.22 bits per heavy atom. The number of imidazole rings is 1. The summed E-state index contributed by atoms with van der Waals surface area (Å²) in [5.41, 5.74) is 2.78. The van der Waals surface area contributed by atoms with Crippen molar-refractivity contribution in [2.75, 3.05) is 19.0 Å². The molecule has 11 heteroatoms. The number of nitrogens with zero attached hydrogens (tertiary/aromatic N) is 4. The Bertz CT molecular complexity index is 1480. The van der Waals surface area contributed by atoms with Crippen molar-refractivity contribution in [2.24, 2.45) is 7.05 Å². The first-order valence-corrected chi connectivity index (χ1v) is 11.6. The highest BCUT2D eigenvalue weighted by Gasteiger charge is 2.26. The Kier molecular flexibility index (Phi) is 6.30. The van der Waals surface area contributed by atoms with Crippen LogP contribution >= 0.6 is 0 Å². The van der Waals surface area contributed by atoms with Crippen LogP contribution in [0.2, 0.25) is 0 Å². The predicted octanol–water partition coefficient (Wildman–Crippen LogP) is 2.66. The fourth-order valence-electron chi connectivity index (χ4n) is 4.11. The van der Waals surface area contributed by atoms with Crippen molar-refractivity contribution >= 4 is 29.0 Å². The first-order chi connectivity index (χ1) is 17.5. The molecule has 4 heterocycles. The molecule has 0 spiro atoms. The molecule has 186 valence electrons. The summed E-state index contributed by atoms with van der Waals surface area (Å²) in [6.07, 6.45) is 13.8. The number of dihydropyridines is 1. The van der Waals surface area contributed by atoms with Crippen LogP contribution in [0.15, 0.2) is 59.1 Å². The summed E-state index contributed by atoms with van der Waals surface area (Å²) < 4.78 is 14.9. The second-order valence-corrected chi connectivity index (χ2v) is 8.52. The smallest absolute Gasteiger partial charge is 0.274 e. The molecule has 3 aromatic heterocycles. The van der Waals surface area contributed by atoms with E-state index < -0.39 is 0 Å². The van der Waals surface area contributed by atoms with Crippen LogP contribution in [0.1, 0.15) is 24.3 Å². The summed E-state index contributed by atoms with van der Waals surface area (Å²) in [7, 11) is 3.31. The van der Waals surface area contributed by atoms with E-state index in [1.54, 1.807) is 23.9 Å². The van der Waals surface area contributed by atoms with Crippen molar-refractivity contribution in [1.29, 1.82) is 5.41 Å². The van der Waals surface area contributed by atoms with E-state index in [-0.39, 0.29) is 24.5 Å². The van der Waals surface area contributed by atoms with Crippen LogP contribution in [0.25, 0.3) is 11.2 Å². The van der Waals surface area contributed by atoms with Crippen molar-refractivity contribution in [1.82, 2.24) is 24.4 Å². The van der Waals surface area contributed by atoms with E-state index >= 15 is 0 Å². The first kappa shape index (κ1) is 23.4. The van der Waals surface area contributed by atoms with E-state index in [4.69, 9.17) is 14.9 Å². The summed E-state index contributed by atoms with van der Waals surface area (Å²) in [4.78, 5) is 22.0. The highest BCUT2D eigenvalue weighted by molar-refractivity contribution is 5.85. The molecule has 1 saturated carbocycles. The lowest BCUT2D eigenvalue weighted by atomic mass is 10.2. The van der Waals surface area contributed by atoms with Crippen LogP contribution in [0.3, 0.4) is 0 Å². The number of fused-ring (bicyclic) bond motifs is 1. The molecule has 36 heavy (non-hydrogen) atoms. The number of anilines is 2. The van der Waals surface area contributed by atoms with Crippen molar-refractivity contribution in [3.05, 3.63) is 70.3 Å². The molecule has 2 aliphatic rings. The lowest BCUT2D eigenvalue weighted by molar-refractivity contribution is 0.274. The van der Waals surface area contributed by atoms with Crippen molar-refractivity contribution in [3.63, 3.8) is 0 Å². The largest absolute Gasteiger partial charge is 0.491 e. The molecule has 0 radical (unpaired) electrons. The number of aromatic nitrogens is 4. The van der Waals surface area contributed by atoms with Gasteiger partial charge in [0, 0.05) is 26.0 Å². The van der Waals surface area contributed by atoms with E-state index in [1.807, 2.05) is 24.4 Å². The van der Waals surface area contributed by atoms with Gasteiger partial charge in [0.25, 0.3) is 5.56 Å². The van der Waals surface area contributed by atoms with Gasteiger partial charge in [0.1, 0.15) is 11.2 Å². The van der Waals surface area contributed by atoms with Crippen LogP contribution in [0.4, 0.5) is 11.6 Å². The summed E-state index contributed by atoms with van der Waals surface area (Å²) in [5, 5.41) is 23.4. The summed E-state index contributed by atoms with van der Waals surface area (Å²) in [6, 6.07) is 1.86. The molecule has 1 aliphatic heterocycles. The van der Waals surface area contributed by atoms with E-state index in [1.165, 1.54) is 17.9 Å². The Morgan fingerprint density at radius 1 is 1.39 bits per heavy atom. The number of hydrogen-bond acceptors (Lipinski definition) is 9. The number of pyridine rings is 2. The van der Waals surface area contributed by atoms with Gasteiger partial charge in [0.2, 0.25) is 5.95 Å². The van der Waals surface area contributed by atoms with Gasteiger partial charge < -0.3 is 39.8 Å². The molecule has 1 fully saturated rings. The summed E-state index contributed by atoms with van der Waals surface area (Å²) >= 11 is 0. The van der Waals surface area contributed by atoms with Crippen molar-refractivity contribution in [2.45, 2.75) is 25.3 Å². The van der Waals surface area contributed by atoms with Gasteiger partial charge in [0.05, 0.1) is 31.8 Å². The average Bonchev–Trinajstić information content (AvgIpc) is 3.70. The molecule has 0 amide bonds. The number of aliphatic hydroxyl groups is 1. The number of methoxy groups -OCH3 is 1. The Labute approximate surface area is 206 Å². The van der Waals surface area contributed by atoms with Crippen LogP contribution in [-0.2, 0) is 13.6 Å². The molecule has 0 saturated heterocycles. The maximum atomic E-state index is 13.0. The number of aliphatic hydroxyl groups excluding tert-OH is 1. The van der Waals surface area contributed by atoms with Crippen molar-refractivity contribution in [3.8, 4) is 11.5 Å². The van der Waals surface area contributed by atoms with Crippen LogP contribution in [0, 0.1) is 5.41 Å². The van der Waals surface area contributed by atoms with Crippen LogP contribution in [0.5, 0.6) is 11.5 Å². The van der Waals surface area contributed by atoms with Gasteiger partial charge in [-0.15, -0.1) is 0 Å². The zero-order valence-electron chi connectivity index (χ0n) is 20.0. The minimum absolute atomic E-state index is 0.126. The molecular formula is C25H27N7O4. The molecule has 1 aliphatic carbocycles. The zero-order chi connectivity index (χ0) is 25.2. The predicted molar refractivity (Wildman–Crippen MR) is 136 cm³/mol. The van der Waals surface area contributed by atoms with Crippen molar-refractivity contribution < 1.29 is 14.6 Å². The third kappa shape index (κ3) is 4.36. The van der Waals surface area contributed by atoms with Crippen LogP contribution < -0.4 is 25.7 Å². The Hall–Kier alpha value is -4.38. The van der Waals surface area contributed by atoms with Gasteiger partial charge in [-0.25, -0.2) is 4.98 Å². The fourth-order valence-corrected chi connectivity index (χ4v) is 4.11. The third-order valence-electron chi connectivity index (χ3n) is 6.09. The van der Waals surface area contributed by atoms with E-state index in [9.17, 15) is 9.90 Å². The number of ether oxygens (including phenoxy) is 2. The molecule has 0 aromatic carbocycles. The second kappa shape index (κ2) is 9.70. The maximum Gasteiger partial charge on any atom is 0.274 e. The lowest BCUT2D eigenvalue weighted by Crippen LogP contribution is -2.24. The zero-order valence-corrected chi connectivity index (χ0v) is 20.0. The molecule has 0 bridgehead atoms. The SMILES string of the molecule is COc1c(O/C(C=N)=C2\C=CC=CN2)cnc2nc(Nc3cc(C4CC4)cn(CCO)c3=O)n(C)c12. The maximum absolute atomic E-state index is 13.0. The highest BCUT2D eigenvalue weighted by atomic mass is 16.5. The highest BCUT2D eigenvalue weighted by Crippen LogP contribution is 2.41. The van der Waals surface area contributed by atoms with Gasteiger partial charge in [-0.2, -0.15) is 4.98 Å². The summed E-state index contributed by atoms with van der Waals surface area (Å²) in [6.45, 7) is 0.0938. The third-order valence-corrected chi connectivity index (χ3v) is 6.09. The number of rotatable bonds is 9. The quantitative estimate of drug-likeness (QED) is 0.266. The van der Waals surface area contributed by atoms with Gasteiger partial charge in [-0.3, -0.25) is 4.79 Å². The summed E-state index contributed by atoms with van der Waals surface area (Å²) in [5.74, 6) is 1.83. The molecule has 5 rings (SSSR count). The first-order valence-electron chi connectivity index (χ1n) is 11.6. The van der Waals surface area contributed by atoms with Crippen LogP contribution in [-0.4, -0.2) is 44.1 Å². The second-order valence-electron chi connectivity index (χ2n) is 8.52. The van der Waals surface area contributed by atoms with Gasteiger partial charge in [-0.05, 0) is 42.5 Å². The number of nitrogens with one attached hydrogen (secondary N) is 3. The molecular weight excluding hydrogens is 462 g/mol. The fraction of sp³-hybridized carbons (Fsp3) is 0.280. The van der Waals surface area contributed by atoms with Gasteiger partial charge in [-0.1, -0.05) is 6.08 Å². The number of hydrogen-bond donors (Lipinski definition) is 4. The normalized spacial score (nSPS) is 16.1. The Morgan fingerprint density at radius 3 is 2.89 bits per heavy atom. The average molecular weight is 490 g/mol. The monoisotopic (exact) mass is 489 g/mol. The number of allylic oxidation sites excluding steroid dienone is 4. The van der Waals surface area contributed by atoms with E-state index in [0.29, 0.717) is 45.9 Å². The number of aryl methyl sites for hydroxylation is 1. The Balaban J connectivity index is 1.53. The van der Waals surface area contributed by atoms with Gasteiger partial charge >= 0.3 is 0 Å². The van der Waals surface area contributed by atoms with E-state index in [2.05, 4.69) is 20.6 Å².